The maximum Gasteiger partial charge on any atom is 0.316 e. The minimum Gasteiger partial charge on any atom is -0.489 e. The number of amides is 2. The quantitative estimate of drug-likeness (QED) is 0.873. The molecule has 0 fully saturated rings. The molecule has 0 aromatic heterocycles. The Morgan fingerprint density at radius 2 is 1.80 bits per heavy atom. The fraction of sp³-hybridized carbons (Fsp3) is 0.300. The molecule has 0 atom stereocenters. The number of aryl methyl sites for hydroxylation is 1. The molecular weight excluding hydrogens is 316 g/mol. The molecule has 0 spiro atoms. The first-order valence-corrected chi connectivity index (χ1v) is 8.52. The van der Waals surface area contributed by atoms with E-state index in [9.17, 15) is 9.59 Å². The van der Waals surface area contributed by atoms with E-state index in [0.29, 0.717) is 18.0 Å². The zero-order valence-corrected chi connectivity index (χ0v) is 14.5. The van der Waals surface area contributed by atoms with Gasteiger partial charge >= 0.3 is 11.8 Å². The van der Waals surface area contributed by atoms with E-state index in [0.717, 1.165) is 24.1 Å². The van der Waals surface area contributed by atoms with Gasteiger partial charge in [0.25, 0.3) is 0 Å². The Morgan fingerprint density at radius 3 is 2.60 bits per heavy atom. The van der Waals surface area contributed by atoms with Crippen LogP contribution in [-0.2, 0) is 16.0 Å². The van der Waals surface area contributed by atoms with Crippen molar-refractivity contribution in [3.63, 3.8) is 0 Å². The van der Waals surface area contributed by atoms with Gasteiger partial charge in [-0.2, -0.15) is 0 Å². The molecule has 25 heavy (non-hydrogen) atoms. The fourth-order valence-corrected chi connectivity index (χ4v) is 2.97. The van der Waals surface area contributed by atoms with Crippen LogP contribution in [0.3, 0.4) is 0 Å². The minimum absolute atomic E-state index is 0.0253. The highest BCUT2D eigenvalue weighted by Crippen LogP contribution is 2.28. The second-order valence-corrected chi connectivity index (χ2v) is 6.31. The molecular formula is C20H22N2O3. The Balaban J connectivity index is 1.78. The summed E-state index contributed by atoms with van der Waals surface area (Å²) >= 11 is 0. The number of anilines is 2. The second-order valence-electron chi connectivity index (χ2n) is 6.31. The van der Waals surface area contributed by atoms with Crippen LogP contribution >= 0.6 is 0 Å². The van der Waals surface area contributed by atoms with Crippen molar-refractivity contribution < 1.29 is 14.3 Å². The summed E-state index contributed by atoms with van der Waals surface area (Å²) in [6.45, 7) is 4.37. The van der Waals surface area contributed by atoms with Gasteiger partial charge in [-0.05, 0) is 50.5 Å². The Kier molecular flexibility index (Phi) is 5.03. The average molecular weight is 338 g/mol. The van der Waals surface area contributed by atoms with Crippen molar-refractivity contribution >= 4 is 23.2 Å². The van der Waals surface area contributed by atoms with Gasteiger partial charge < -0.3 is 15.0 Å². The summed E-state index contributed by atoms with van der Waals surface area (Å²) in [4.78, 5) is 26.7. The summed E-state index contributed by atoms with van der Waals surface area (Å²) in [5.41, 5.74) is 2.42. The number of carbonyl (C=O) groups excluding carboxylic acids is 2. The van der Waals surface area contributed by atoms with E-state index in [-0.39, 0.29) is 6.10 Å². The van der Waals surface area contributed by atoms with E-state index in [1.807, 2.05) is 44.2 Å². The number of ether oxygens (including phenoxy) is 1. The highest BCUT2D eigenvalue weighted by atomic mass is 16.5. The smallest absolute Gasteiger partial charge is 0.316 e. The number of nitrogens with one attached hydrogen (secondary N) is 1. The number of benzene rings is 2. The first-order chi connectivity index (χ1) is 12.1. The van der Waals surface area contributed by atoms with E-state index in [2.05, 4.69) is 5.32 Å². The third-order valence-corrected chi connectivity index (χ3v) is 4.05. The number of rotatable bonds is 3. The average Bonchev–Trinajstić information content (AvgIpc) is 2.62. The number of fused-ring (bicyclic) bond motifs is 1. The number of hydrogen-bond donors (Lipinski definition) is 1. The molecule has 0 saturated heterocycles. The summed E-state index contributed by atoms with van der Waals surface area (Å²) in [7, 11) is 0. The standard InChI is InChI=1S/C20H22N2O3/c1-14(2)25-18-12-6-4-10-16(18)21-19(23)20(24)22-13-7-9-15-8-3-5-11-17(15)22/h3-6,8,10-12,14H,7,9,13H2,1-2H3,(H,21,23). The van der Waals surface area contributed by atoms with E-state index < -0.39 is 11.8 Å². The summed E-state index contributed by atoms with van der Waals surface area (Å²) < 4.78 is 5.69. The van der Waals surface area contributed by atoms with Crippen molar-refractivity contribution in [1.82, 2.24) is 0 Å². The Bertz CT molecular complexity index is 786. The lowest BCUT2D eigenvalue weighted by Crippen LogP contribution is -2.42. The predicted molar refractivity (Wildman–Crippen MR) is 98.0 cm³/mol. The number of hydrogen-bond acceptors (Lipinski definition) is 3. The molecule has 0 aliphatic carbocycles. The molecule has 0 radical (unpaired) electrons. The lowest BCUT2D eigenvalue weighted by atomic mass is 10.0. The van der Waals surface area contributed by atoms with Crippen LogP contribution in [0.5, 0.6) is 5.75 Å². The van der Waals surface area contributed by atoms with Crippen molar-refractivity contribution in [3.05, 3.63) is 54.1 Å². The molecule has 0 bridgehead atoms. The third-order valence-electron chi connectivity index (χ3n) is 4.05. The van der Waals surface area contributed by atoms with Gasteiger partial charge in [0.1, 0.15) is 5.75 Å². The van der Waals surface area contributed by atoms with Crippen molar-refractivity contribution in [2.45, 2.75) is 32.8 Å². The molecule has 2 aromatic carbocycles. The maximum absolute atomic E-state index is 12.7. The van der Waals surface area contributed by atoms with Crippen LogP contribution in [0.4, 0.5) is 11.4 Å². The van der Waals surface area contributed by atoms with Gasteiger partial charge in [0, 0.05) is 12.2 Å². The van der Waals surface area contributed by atoms with Crippen molar-refractivity contribution in [2.24, 2.45) is 0 Å². The molecule has 5 heteroatoms. The van der Waals surface area contributed by atoms with Gasteiger partial charge in [-0.25, -0.2) is 0 Å². The normalized spacial score (nSPS) is 13.3. The lowest BCUT2D eigenvalue weighted by Gasteiger charge is -2.28. The van der Waals surface area contributed by atoms with Gasteiger partial charge in [-0.15, -0.1) is 0 Å². The summed E-state index contributed by atoms with van der Waals surface area (Å²) in [6, 6.07) is 14.8. The Hall–Kier alpha value is -2.82. The lowest BCUT2D eigenvalue weighted by molar-refractivity contribution is -0.134. The molecule has 1 heterocycles. The maximum atomic E-state index is 12.7. The Labute approximate surface area is 147 Å². The van der Waals surface area contributed by atoms with Gasteiger partial charge in [0.15, 0.2) is 0 Å². The highest BCUT2D eigenvalue weighted by Gasteiger charge is 2.27. The van der Waals surface area contributed by atoms with Crippen molar-refractivity contribution in [3.8, 4) is 5.75 Å². The monoisotopic (exact) mass is 338 g/mol. The van der Waals surface area contributed by atoms with Gasteiger partial charge in [0.05, 0.1) is 11.8 Å². The van der Waals surface area contributed by atoms with E-state index >= 15 is 0 Å². The molecule has 1 aliphatic heterocycles. The molecule has 2 amide bonds. The molecule has 5 nitrogen and oxygen atoms in total. The van der Waals surface area contributed by atoms with Crippen LogP contribution < -0.4 is 15.0 Å². The van der Waals surface area contributed by atoms with Gasteiger partial charge in [-0.3, -0.25) is 9.59 Å². The number of nitrogens with zero attached hydrogens (tertiary/aromatic N) is 1. The number of carbonyl (C=O) groups is 2. The molecule has 3 rings (SSSR count). The van der Waals surface area contributed by atoms with Crippen LogP contribution in [0.15, 0.2) is 48.5 Å². The zero-order chi connectivity index (χ0) is 17.8. The molecule has 0 saturated carbocycles. The van der Waals surface area contributed by atoms with Crippen LogP contribution in [-0.4, -0.2) is 24.5 Å². The predicted octanol–water partition coefficient (Wildman–Crippen LogP) is 3.39. The number of para-hydroxylation sites is 3. The van der Waals surface area contributed by atoms with Gasteiger partial charge in [0.2, 0.25) is 0 Å². The van der Waals surface area contributed by atoms with Crippen LogP contribution in [0.25, 0.3) is 0 Å². The van der Waals surface area contributed by atoms with E-state index in [1.165, 1.54) is 0 Å². The summed E-state index contributed by atoms with van der Waals surface area (Å²) in [5, 5.41) is 2.69. The summed E-state index contributed by atoms with van der Waals surface area (Å²) in [6.07, 6.45) is 1.75. The van der Waals surface area contributed by atoms with Gasteiger partial charge in [-0.1, -0.05) is 30.3 Å². The highest BCUT2D eigenvalue weighted by molar-refractivity contribution is 6.44. The molecule has 2 aromatic rings. The molecule has 1 N–H and O–H groups in total. The molecule has 130 valence electrons. The fourth-order valence-electron chi connectivity index (χ4n) is 2.97. The van der Waals surface area contributed by atoms with E-state index in [1.54, 1.807) is 23.1 Å². The first kappa shape index (κ1) is 17.0. The topological polar surface area (TPSA) is 58.6 Å². The van der Waals surface area contributed by atoms with Crippen LogP contribution in [0.1, 0.15) is 25.8 Å². The zero-order valence-electron chi connectivity index (χ0n) is 14.5. The third kappa shape index (κ3) is 3.82. The summed E-state index contributed by atoms with van der Waals surface area (Å²) in [5.74, 6) is -0.652. The SMILES string of the molecule is CC(C)Oc1ccccc1NC(=O)C(=O)N1CCCc2ccccc21. The van der Waals surface area contributed by atoms with Crippen LogP contribution in [0, 0.1) is 0 Å². The second kappa shape index (κ2) is 7.38. The Morgan fingerprint density at radius 1 is 1.08 bits per heavy atom. The largest absolute Gasteiger partial charge is 0.489 e. The van der Waals surface area contributed by atoms with Crippen molar-refractivity contribution in [1.29, 1.82) is 0 Å². The van der Waals surface area contributed by atoms with Crippen LogP contribution in [0.2, 0.25) is 0 Å². The molecule has 0 unspecified atom stereocenters. The van der Waals surface area contributed by atoms with E-state index in [4.69, 9.17) is 4.74 Å². The molecule has 1 aliphatic rings. The first-order valence-electron chi connectivity index (χ1n) is 8.52. The van der Waals surface area contributed by atoms with Crippen molar-refractivity contribution in [2.75, 3.05) is 16.8 Å². The minimum atomic E-state index is -0.656.